The quantitative estimate of drug-likeness (QED) is 0.739. The van der Waals surface area contributed by atoms with Gasteiger partial charge in [-0.15, -0.1) is 0 Å². The molecule has 2 atom stereocenters. The smallest absolute Gasteiger partial charge is 0.0929 e. The number of hydrogen-bond donors (Lipinski definition) is 0. The lowest BCUT2D eigenvalue weighted by molar-refractivity contribution is 0.689. The highest BCUT2D eigenvalue weighted by molar-refractivity contribution is 5.86. The summed E-state index contributed by atoms with van der Waals surface area (Å²) in [5, 5.41) is 0. The molecule has 3 aliphatic carbocycles. The zero-order valence-corrected chi connectivity index (χ0v) is 11.7. The molecule has 1 aromatic carbocycles. The van der Waals surface area contributed by atoms with Crippen molar-refractivity contribution < 1.29 is 0 Å². The third kappa shape index (κ3) is 1.37. The summed E-state index contributed by atoms with van der Waals surface area (Å²) >= 11 is 0. The van der Waals surface area contributed by atoms with Gasteiger partial charge in [0.2, 0.25) is 0 Å². The summed E-state index contributed by atoms with van der Waals surface area (Å²) in [6.07, 6.45) is 13.2. The number of aromatic nitrogens is 2. The first-order valence-electron chi connectivity index (χ1n) is 7.66. The first-order valence-corrected chi connectivity index (χ1v) is 7.66. The molecule has 1 saturated carbocycles. The van der Waals surface area contributed by atoms with Gasteiger partial charge in [-0.25, -0.2) is 0 Å². The second-order valence-corrected chi connectivity index (χ2v) is 6.27. The number of nitrogens with zero attached hydrogens (tertiary/aromatic N) is 2. The van der Waals surface area contributed by atoms with Crippen LogP contribution in [0.2, 0.25) is 0 Å². The highest BCUT2D eigenvalue weighted by atomic mass is 14.9. The second-order valence-electron chi connectivity index (χ2n) is 6.27. The van der Waals surface area contributed by atoms with Crippen LogP contribution in [0.4, 0.5) is 0 Å². The zero-order chi connectivity index (χ0) is 13.9. The van der Waals surface area contributed by atoms with E-state index in [1.165, 1.54) is 29.7 Å². The van der Waals surface area contributed by atoms with Gasteiger partial charge < -0.3 is 0 Å². The Labute approximate surface area is 124 Å². The van der Waals surface area contributed by atoms with E-state index < -0.39 is 0 Å². The lowest BCUT2D eigenvalue weighted by atomic mass is 9.99. The van der Waals surface area contributed by atoms with E-state index in [9.17, 15) is 0 Å². The highest BCUT2D eigenvalue weighted by Crippen LogP contribution is 2.69. The summed E-state index contributed by atoms with van der Waals surface area (Å²) in [4.78, 5) is 9.39. The van der Waals surface area contributed by atoms with Crippen molar-refractivity contribution in [3.63, 3.8) is 0 Å². The van der Waals surface area contributed by atoms with Gasteiger partial charge in [0.05, 0.1) is 11.4 Å². The van der Waals surface area contributed by atoms with Crippen LogP contribution in [0.1, 0.15) is 29.8 Å². The third-order valence-electron chi connectivity index (χ3n) is 5.38. The molecule has 0 aliphatic heterocycles. The van der Waals surface area contributed by atoms with Crippen molar-refractivity contribution in [3.05, 3.63) is 77.9 Å². The molecule has 1 spiro atoms. The SMILES string of the molecule is C1=CCC2C(C1)C21C=C(c2ccccc2)c2nccnc21. The molecule has 2 nitrogen and oxygen atoms in total. The minimum Gasteiger partial charge on any atom is -0.256 e. The predicted molar refractivity (Wildman–Crippen MR) is 82.6 cm³/mol. The number of hydrogen-bond acceptors (Lipinski definition) is 2. The summed E-state index contributed by atoms with van der Waals surface area (Å²) in [5.41, 5.74) is 4.99. The number of fused-ring (bicyclic) bond motifs is 5. The van der Waals surface area contributed by atoms with Crippen LogP contribution in [0, 0.1) is 11.8 Å². The van der Waals surface area contributed by atoms with Crippen LogP contribution in [0.3, 0.4) is 0 Å². The summed E-state index contributed by atoms with van der Waals surface area (Å²) in [5.74, 6) is 1.44. The van der Waals surface area contributed by atoms with Gasteiger partial charge in [0, 0.05) is 23.4 Å². The van der Waals surface area contributed by atoms with E-state index in [1.807, 2.05) is 12.4 Å². The fourth-order valence-corrected chi connectivity index (χ4v) is 4.40. The Morgan fingerprint density at radius 1 is 0.905 bits per heavy atom. The molecule has 1 fully saturated rings. The van der Waals surface area contributed by atoms with E-state index >= 15 is 0 Å². The largest absolute Gasteiger partial charge is 0.256 e. The Morgan fingerprint density at radius 2 is 1.62 bits per heavy atom. The molecule has 1 aromatic heterocycles. The van der Waals surface area contributed by atoms with E-state index in [-0.39, 0.29) is 5.41 Å². The summed E-state index contributed by atoms with van der Waals surface area (Å²) < 4.78 is 0. The maximum absolute atomic E-state index is 4.73. The first-order chi connectivity index (χ1) is 10.4. The Hall–Kier alpha value is -2.22. The molecule has 0 amide bonds. The Balaban J connectivity index is 1.71. The second kappa shape index (κ2) is 3.91. The molecule has 2 unspecified atom stereocenters. The van der Waals surface area contributed by atoms with Gasteiger partial charge in [-0.05, 0) is 30.2 Å². The van der Waals surface area contributed by atoms with Crippen molar-refractivity contribution in [1.29, 1.82) is 0 Å². The molecule has 0 radical (unpaired) electrons. The average molecular weight is 272 g/mol. The van der Waals surface area contributed by atoms with E-state index in [4.69, 9.17) is 4.98 Å². The van der Waals surface area contributed by atoms with E-state index in [0.29, 0.717) is 0 Å². The number of rotatable bonds is 1. The molecule has 0 N–H and O–H groups in total. The maximum atomic E-state index is 4.73. The summed E-state index contributed by atoms with van der Waals surface area (Å²) in [6, 6.07) is 10.6. The molecule has 2 aromatic rings. The first kappa shape index (κ1) is 11.4. The van der Waals surface area contributed by atoms with E-state index in [1.54, 1.807) is 0 Å². The predicted octanol–water partition coefficient (Wildman–Crippen LogP) is 3.76. The van der Waals surface area contributed by atoms with Crippen molar-refractivity contribution in [2.75, 3.05) is 0 Å². The lowest BCUT2D eigenvalue weighted by Crippen LogP contribution is -2.08. The molecular weight excluding hydrogens is 256 g/mol. The topological polar surface area (TPSA) is 25.8 Å². The minimum atomic E-state index is 0.151. The van der Waals surface area contributed by atoms with Gasteiger partial charge in [0.15, 0.2) is 0 Å². The molecule has 0 saturated heterocycles. The van der Waals surface area contributed by atoms with Crippen LogP contribution < -0.4 is 0 Å². The molecule has 102 valence electrons. The number of allylic oxidation sites excluding steroid dienone is 3. The van der Waals surface area contributed by atoms with Crippen molar-refractivity contribution >= 4 is 5.57 Å². The van der Waals surface area contributed by atoms with Crippen LogP contribution in [0.5, 0.6) is 0 Å². The van der Waals surface area contributed by atoms with Crippen LogP contribution in [0.15, 0.2) is 61.0 Å². The minimum absolute atomic E-state index is 0.151. The molecule has 2 heteroatoms. The van der Waals surface area contributed by atoms with Crippen LogP contribution in [-0.2, 0) is 5.41 Å². The fraction of sp³-hybridized carbons (Fsp3) is 0.263. The monoisotopic (exact) mass is 272 g/mol. The molecular formula is C19H16N2. The zero-order valence-electron chi connectivity index (χ0n) is 11.7. The molecule has 0 bridgehead atoms. The number of benzene rings is 1. The average Bonchev–Trinajstić information content (AvgIpc) is 3.07. The maximum Gasteiger partial charge on any atom is 0.0929 e. The summed E-state index contributed by atoms with van der Waals surface area (Å²) in [7, 11) is 0. The molecule has 3 aliphatic rings. The Morgan fingerprint density at radius 3 is 2.38 bits per heavy atom. The van der Waals surface area contributed by atoms with Crippen LogP contribution in [0.25, 0.3) is 5.57 Å². The van der Waals surface area contributed by atoms with Crippen molar-refractivity contribution in [1.82, 2.24) is 9.97 Å². The van der Waals surface area contributed by atoms with E-state index in [2.05, 4.69) is 53.5 Å². The van der Waals surface area contributed by atoms with Gasteiger partial charge in [-0.2, -0.15) is 0 Å². The van der Waals surface area contributed by atoms with Crippen molar-refractivity contribution in [2.24, 2.45) is 11.8 Å². The summed E-state index contributed by atoms with van der Waals surface area (Å²) in [6.45, 7) is 0. The molecule has 1 heterocycles. The normalized spacial score (nSPS) is 31.7. The van der Waals surface area contributed by atoms with Gasteiger partial charge in [0.25, 0.3) is 0 Å². The van der Waals surface area contributed by atoms with Crippen molar-refractivity contribution in [3.8, 4) is 0 Å². The highest BCUT2D eigenvalue weighted by Gasteiger charge is 2.67. The lowest BCUT2D eigenvalue weighted by Gasteiger charge is -2.08. The van der Waals surface area contributed by atoms with Gasteiger partial charge in [-0.3, -0.25) is 9.97 Å². The van der Waals surface area contributed by atoms with Gasteiger partial charge in [-0.1, -0.05) is 48.6 Å². The Kier molecular flexibility index (Phi) is 2.13. The Bertz CT molecular complexity index is 759. The van der Waals surface area contributed by atoms with Gasteiger partial charge in [0.1, 0.15) is 0 Å². The van der Waals surface area contributed by atoms with Gasteiger partial charge >= 0.3 is 0 Å². The van der Waals surface area contributed by atoms with Crippen LogP contribution >= 0.6 is 0 Å². The molecule has 21 heavy (non-hydrogen) atoms. The standard InChI is InChI=1S/C19H16N2/c1-2-6-13(7-3-1)14-12-19(15-8-4-5-9-16(15)19)18-17(14)20-10-11-21-18/h1-7,10-12,15-16H,8-9H2. The third-order valence-corrected chi connectivity index (χ3v) is 5.38. The van der Waals surface area contributed by atoms with Crippen molar-refractivity contribution in [2.45, 2.75) is 18.3 Å². The van der Waals surface area contributed by atoms with Crippen LogP contribution in [-0.4, -0.2) is 9.97 Å². The van der Waals surface area contributed by atoms with E-state index in [0.717, 1.165) is 17.5 Å². The molecule has 5 rings (SSSR count). The fourth-order valence-electron chi connectivity index (χ4n) is 4.40.